The van der Waals surface area contributed by atoms with Gasteiger partial charge < -0.3 is 15.5 Å². The van der Waals surface area contributed by atoms with Crippen LogP contribution in [0.25, 0.3) is 10.9 Å². The number of aliphatic hydroxyl groups is 2. The van der Waals surface area contributed by atoms with Crippen LogP contribution in [-0.2, 0) is 5.60 Å². The first-order valence-electron chi connectivity index (χ1n) is 10.8. The summed E-state index contributed by atoms with van der Waals surface area (Å²) in [4.78, 5) is 12.9. The summed E-state index contributed by atoms with van der Waals surface area (Å²) >= 11 is 12.3. The Morgan fingerprint density at radius 3 is 2.59 bits per heavy atom. The maximum absolute atomic E-state index is 12.9. The van der Waals surface area contributed by atoms with Crippen molar-refractivity contribution in [3.05, 3.63) is 57.7 Å². The highest BCUT2D eigenvalue weighted by molar-refractivity contribution is 6.44. The number of nitrogens with one attached hydrogen (secondary N) is 1. The third kappa shape index (κ3) is 4.64. The smallest absolute Gasteiger partial charge is 0.257 e. The highest BCUT2D eigenvalue weighted by atomic mass is 35.5. The molecule has 1 fully saturated rings. The molecule has 0 aliphatic heterocycles. The topological polar surface area (TPSA) is 87.4 Å². The predicted molar refractivity (Wildman–Crippen MR) is 127 cm³/mol. The van der Waals surface area contributed by atoms with Gasteiger partial charge in [0.2, 0.25) is 0 Å². The van der Waals surface area contributed by atoms with Crippen molar-refractivity contribution in [1.82, 2.24) is 9.78 Å². The minimum Gasteiger partial charge on any atom is -0.396 e. The Hall–Kier alpha value is -2.12. The van der Waals surface area contributed by atoms with Gasteiger partial charge in [-0.25, -0.2) is 0 Å². The van der Waals surface area contributed by atoms with Crippen LogP contribution in [0.5, 0.6) is 0 Å². The lowest BCUT2D eigenvalue weighted by Gasteiger charge is -2.27. The van der Waals surface area contributed by atoms with Crippen LogP contribution in [0.3, 0.4) is 0 Å². The van der Waals surface area contributed by atoms with E-state index in [9.17, 15) is 15.0 Å². The van der Waals surface area contributed by atoms with Gasteiger partial charge in [0.05, 0.1) is 32.8 Å². The van der Waals surface area contributed by atoms with Crippen LogP contribution < -0.4 is 5.32 Å². The monoisotopic (exact) mass is 475 g/mol. The Bertz CT molecular complexity index is 1150. The van der Waals surface area contributed by atoms with Crippen molar-refractivity contribution in [2.24, 2.45) is 5.92 Å². The number of rotatable bonds is 5. The number of hydrogen-bond acceptors (Lipinski definition) is 4. The van der Waals surface area contributed by atoms with Crippen LogP contribution in [0.2, 0.25) is 10.0 Å². The van der Waals surface area contributed by atoms with Crippen LogP contribution in [0.1, 0.15) is 61.5 Å². The van der Waals surface area contributed by atoms with E-state index in [-0.39, 0.29) is 23.2 Å². The number of fused-ring (bicyclic) bond motifs is 1. The van der Waals surface area contributed by atoms with Crippen molar-refractivity contribution >= 4 is 45.7 Å². The summed E-state index contributed by atoms with van der Waals surface area (Å²) in [6.45, 7) is 3.58. The summed E-state index contributed by atoms with van der Waals surface area (Å²) in [5.41, 5.74) is 0.876. The summed E-state index contributed by atoms with van der Waals surface area (Å²) in [6.07, 6.45) is 5.88. The molecule has 32 heavy (non-hydrogen) atoms. The van der Waals surface area contributed by atoms with E-state index < -0.39 is 11.5 Å². The molecule has 2 aromatic carbocycles. The van der Waals surface area contributed by atoms with E-state index in [2.05, 4.69) is 5.32 Å². The number of anilines is 1. The van der Waals surface area contributed by atoms with Gasteiger partial charge in [0.25, 0.3) is 5.91 Å². The number of halogens is 2. The average molecular weight is 476 g/mol. The van der Waals surface area contributed by atoms with Gasteiger partial charge in [-0.1, -0.05) is 29.3 Å². The number of nitrogens with zero attached hydrogens (tertiary/aromatic N) is 2. The van der Waals surface area contributed by atoms with Gasteiger partial charge >= 0.3 is 0 Å². The zero-order chi connectivity index (χ0) is 23.0. The van der Waals surface area contributed by atoms with Gasteiger partial charge in [0, 0.05) is 29.4 Å². The molecule has 0 spiro atoms. The molecule has 8 heteroatoms. The van der Waals surface area contributed by atoms with Crippen molar-refractivity contribution in [3.63, 3.8) is 0 Å². The Morgan fingerprint density at radius 1 is 1.22 bits per heavy atom. The first kappa shape index (κ1) is 23.1. The second kappa shape index (κ2) is 9.02. The Morgan fingerprint density at radius 2 is 1.94 bits per heavy atom. The number of carbonyl (C=O) groups is 1. The molecule has 170 valence electrons. The fraction of sp³-hybridized carbons (Fsp3) is 0.417. The molecule has 4 rings (SSSR count). The van der Waals surface area contributed by atoms with Crippen LogP contribution in [0, 0.1) is 5.92 Å². The van der Waals surface area contributed by atoms with E-state index in [4.69, 9.17) is 28.3 Å². The van der Waals surface area contributed by atoms with E-state index in [1.807, 2.05) is 23.0 Å². The molecule has 0 unspecified atom stereocenters. The molecular formula is C24H27Cl2N3O3. The highest BCUT2D eigenvalue weighted by Gasteiger charge is 2.26. The van der Waals surface area contributed by atoms with Gasteiger partial charge in [-0.2, -0.15) is 5.10 Å². The van der Waals surface area contributed by atoms with Gasteiger partial charge in [0.1, 0.15) is 0 Å². The molecule has 3 N–H and O–H groups in total. The Labute approximate surface area is 197 Å². The first-order chi connectivity index (χ1) is 15.2. The van der Waals surface area contributed by atoms with Crippen molar-refractivity contribution in [2.75, 3.05) is 11.9 Å². The highest BCUT2D eigenvalue weighted by Crippen LogP contribution is 2.36. The van der Waals surface area contributed by atoms with E-state index in [0.29, 0.717) is 22.2 Å². The summed E-state index contributed by atoms with van der Waals surface area (Å²) in [6, 6.07) is 8.82. The molecule has 0 saturated heterocycles. The van der Waals surface area contributed by atoms with Crippen LogP contribution in [0.15, 0.2) is 36.5 Å². The normalized spacial score (nSPS) is 19.3. The number of hydrogen-bond donors (Lipinski definition) is 3. The third-order valence-corrected chi connectivity index (χ3v) is 7.03. The van der Waals surface area contributed by atoms with Crippen molar-refractivity contribution in [2.45, 2.75) is 51.2 Å². The molecule has 1 aliphatic carbocycles. The lowest BCUT2D eigenvalue weighted by atomic mass is 9.87. The van der Waals surface area contributed by atoms with Crippen LogP contribution in [0.4, 0.5) is 5.69 Å². The number of aliphatic hydroxyl groups excluding tert-OH is 1. The van der Waals surface area contributed by atoms with Crippen molar-refractivity contribution in [1.29, 1.82) is 0 Å². The van der Waals surface area contributed by atoms with E-state index in [0.717, 1.165) is 36.6 Å². The van der Waals surface area contributed by atoms with Gasteiger partial charge in [0.15, 0.2) is 0 Å². The molecule has 3 aromatic rings. The van der Waals surface area contributed by atoms with E-state index in [1.165, 1.54) is 0 Å². The second-order valence-electron chi connectivity index (χ2n) is 9.04. The number of aromatic nitrogens is 2. The minimum absolute atomic E-state index is 0.184. The van der Waals surface area contributed by atoms with Crippen LogP contribution >= 0.6 is 23.2 Å². The molecule has 0 bridgehead atoms. The Kier molecular flexibility index (Phi) is 6.50. The van der Waals surface area contributed by atoms with E-state index >= 15 is 0 Å². The van der Waals surface area contributed by atoms with Crippen molar-refractivity contribution < 1.29 is 15.0 Å². The molecule has 1 amide bonds. The second-order valence-corrected chi connectivity index (χ2v) is 9.82. The van der Waals surface area contributed by atoms with Gasteiger partial charge in [-0.3, -0.25) is 9.48 Å². The van der Waals surface area contributed by atoms with Gasteiger partial charge in [-0.15, -0.1) is 0 Å². The number of amides is 1. The summed E-state index contributed by atoms with van der Waals surface area (Å²) < 4.78 is 1.98. The summed E-state index contributed by atoms with van der Waals surface area (Å²) in [5.74, 6) is -0.0322. The molecule has 1 aromatic heterocycles. The zero-order valence-corrected chi connectivity index (χ0v) is 19.6. The zero-order valence-electron chi connectivity index (χ0n) is 18.1. The molecule has 6 nitrogen and oxygen atoms in total. The number of benzene rings is 2. The molecule has 1 aliphatic rings. The molecular weight excluding hydrogens is 449 g/mol. The summed E-state index contributed by atoms with van der Waals surface area (Å²) in [7, 11) is 0. The Balaban J connectivity index is 1.68. The minimum atomic E-state index is -1.20. The maximum Gasteiger partial charge on any atom is 0.257 e. The quantitative estimate of drug-likeness (QED) is 0.451. The number of carbonyl (C=O) groups excluding carboxylic acids is 1. The predicted octanol–water partition coefficient (Wildman–Crippen LogP) is 5.55. The fourth-order valence-electron chi connectivity index (χ4n) is 4.35. The lowest BCUT2D eigenvalue weighted by Crippen LogP contribution is -2.21. The molecule has 1 heterocycles. The van der Waals surface area contributed by atoms with Gasteiger partial charge in [-0.05, 0) is 69.7 Å². The third-order valence-electron chi connectivity index (χ3n) is 6.21. The maximum atomic E-state index is 12.9. The lowest BCUT2D eigenvalue weighted by molar-refractivity contribution is 0.0794. The molecule has 0 radical (unpaired) electrons. The van der Waals surface area contributed by atoms with E-state index in [1.54, 1.807) is 32.0 Å². The summed E-state index contributed by atoms with van der Waals surface area (Å²) in [5, 5.41) is 29.2. The fourth-order valence-corrected chi connectivity index (χ4v) is 4.73. The van der Waals surface area contributed by atoms with Crippen LogP contribution in [-0.4, -0.2) is 32.5 Å². The molecule has 1 saturated carbocycles. The standard InChI is InChI=1S/C24H27Cl2N3O3/c1-24(2,32)18-11-20-15(12-29(28-20)16-8-6-14(13-30)7-9-16)10-21(18)27-23(31)17-4-3-5-19(25)22(17)26/h3-5,10-12,14,16,30,32H,6-9,13H2,1-2H3,(H,27,31). The first-order valence-corrected chi connectivity index (χ1v) is 11.5. The SMILES string of the molecule is CC(C)(O)c1cc2nn(C3CCC(CO)CC3)cc2cc1NC(=O)c1cccc(Cl)c1Cl. The average Bonchev–Trinajstić information content (AvgIpc) is 3.17. The largest absolute Gasteiger partial charge is 0.396 e. The molecule has 0 atom stereocenters. The van der Waals surface area contributed by atoms with Crippen molar-refractivity contribution in [3.8, 4) is 0 Å².